The molecule has 19 heavy (non-hydrogen) atoms. The maximum atomic E-state index is 12.2. The number of nitrogens with one attached hydrogen (secondary N) is 1. The summed E-state index contributed by atoms with van der Waals surface area (Å²) in [6, 6.07) is 11.6. The van der Waals surface area contributed by atoms with Crippen molar-refractivity contribution < 1.29 is 4.79 Å². The number of imidazole rings is 1. The zero-order chi connectivity index (χ0) is 13.2. The van der Waals surface area contributed by atoms with Crippen molar-refractivity contribution in [2.75, 3.05) is 12.4 Å². The van der Waals surface area contributed by atoms with Gasteiger partial charge in [-0.15, -0.1) is 11.3 Å². The Morgan fingerprint density at radius 1 is 1.32 bits per heavy atom. The number of Topliss-reactive ketones (excluding diaryl/α,β-unsaturated/α-hetero) is 1. The Bertz CT molecular complexity index is 715. The lowest BCUT2D eigenvalue weighted by molar-refractivity contribution is 0.0978. The van der Waals surface area contributed by atoms with E-state index in [2.05, 4.69) is 10.3 Å². The van der Waals surface area contributed by atoms with Crippen LogP contribution in [-0.2, 0) is 6.54 Å². The molecule has 0 saturated carbocycles. The number of carbonyl (C=O) groups excluding carboxylic acids is 1. The quantitative estimate of drug-likeness (QED) is 0.742. The Labute approximate surface area is 114 Å². The molecule has 1 N–H and O–H groups in total. The number of thiophene rings is 1. The van der Waals surface area contributed by atoms with Crippen molar-refractivity contribution in [3.05, 3.63) is 46.7 Å². The molecule has 0 atom stereocenters. The Morgan fingerprint density at radius 3 is 2.89 bits per heavy atom. The molecule has 3 rings (SSSR count). The minimum Gasteiger partial charge on any atom is -0.359 e. The highest BCUT2D eigenvalue weighted by Crippen LogP contribution is 2.20. The zero-order valence-electron chi connectivity index (χ0n) is 10.5. The summed E-state index contributed by atoms with van der Waals surface area (Å²) in [5.74, 6) is 0.820. The van der Waals surface area contributed by atoms with E-state index in [1.165, 1.54) is 11.3 Å². The van der Waals surface area contributed by atoms with Crippen molar-refractivity contribution >= 4 is 34.1 Å². The maximum Gasteiger partial charge on any atom is 0.204 e. The highest BCUT2D eigenvalue weighted by Gasteiger charge is 2.14. The second-order valence-corrected chi connectivity index (χ2v) is 5.11. The van der Waals surface area contributed by atoms with Gasteiger partial charge in [-0.25, -0.2) is 4.98 Å². The van der Waals surface area contributed by atoms with Crippen LogP contribution < -0.4 is 5.32 Å². The predicted molar refractivity (Wildman–Crippen MR) is 77.9 cm³/mol. The molecule has 5 heteroatoms. The molecule has 1 aromatic carbocycles. The van der Waals surface area contributed by atoms with Gasteiger partial charge in [0, 0.05) is 7.05 Å². The van der Waals surface area contributed by atoms with Gasteiger partial charge < -0.3 is 9.88 Å². The van der Waals surface area contributed by atoms with Crippen LogP contribution >= 0.6 is 11.3 Å². The fraction of sp³-hybridized carbons (Fsp3) is 0.143. The van der Waals surface area contributed by atoms with Gasteiger partial charge in [0.25, 0.3) is 0 Å². The van der Waals surface area contributed by atoms with E-state index >= 15 is 0 Å². The SMILES string of the molecule is CNc1nc2ccccc2n1CC(=O)c1cccs1. The smallest absolute Gasteiger partial charge is 0.204 e. The van der Waals surface area contributed by atoms with E-state index in [4.69, 9.17) is 0 Å². The molecule has 0 spiro atoms. The number of fused-ring (bicyclic) bond motifs is 1. The molecule has 0 bridgehead atoms. The van der Waals surface area contributed by atoms with E-state index in [0.717, 1.165) is 15.9 Å². The second-order valence-electron chi connectivity index (χ2n) is 4.16. The zero-order valence-corrected chi connectivity index (χ0v) is 11.3. The summed E-state index contributed by atoms with van der Waals surface area (Å²) in [6.45, 7) is 0.303. The minimum absolute atomic E-state index is 0.106. The molecule has 0 radical (unpaired) electrons. The molecule has 0 fully saturated rings. The third kappa shape index (κ3) is 2.13. The van der Waals surface area contributed by atoms with Crippen LogP contribution in [-0.4, -0.2) is 22.4 Å². The number of nitrogens with zero attached hydrogens (tertiary/aromatic N) is 2. The maximum absolute atomic E-state index is 12.2. The predicted octanol–water partition coefficient (Wildman–Crippen LogP) is 3.02. The molecule has 3 aromatic rings. The van der Waals surface area contributed by atoms with E-state index in [1.807, 2.05) is 53.4 Å². The first-order valence-corrected chi connectivity index (χ1v) is 6.87. The van der Waals surface area contributed by atoms with Crippen LogP contribution in [0.4, 0.5) is 5.95 Å². The Kier molecular flexibility index (Phi) is 3.05. The van der Waals surface area contributed by atoms with Crippen molar-refractivity contribution in [3.8, 4) is 0 Å². The van der Waals surface area contributed by atoms with Gasteiger partial charge in [-0.3, -0.25) is 4.79 Å². The van der Waals surface area contributed by atoms with Crippen molar-refractivity contribution in [3.63, 3.8) is 0 Å². The summed E-state index contributed by atoms with van der Waals surface area (Å²) in [4.78, 5) is 17.5. The third-order valence-electron chi connectivity index (χ3n) is 2.98. The lowest BCUT2D eigenvalue weighted by atomic mass is 10.3. The summed E-state index contributed by atoms with van der Waals surface area (Å²) >= 11 is 1.47. The molecular formula is C14H13N3OS. The van der Waals surface area contributed by atoms with Crippen LogP contribution in [0.5, 0.6) is 0 Å². The number of ketones is 1. The van der Waals surface area contributed by atoms with Crippen molar-refractivity contribution in [2.45, 2.75) is 6.54 Å². The Balaban J connectivity index is 2.02. The van der Waals surface area contributed by atoms with Crippen LogP contribution in [0.25, 0.3) is 11.0 Å². The first-order valence-electron chi connectivity index (χ1n) is 5.99. The third-order valence-corrected chi connectivity index (χ3v) is 3.89. The van der Waals surface area contributed by atoms with Gasteiger partial charge in [-0.2, -0.15) is 0 Å². The highest BCUT2D eigenvalue weighted by atomic mass is 32.1. The first-order chi connectivity index (χ1) is 9.29. The first kappa shape index (κ1) is 11.9. The summed E-state index contributed by atoms with van der Waals surface area (Å²) in [5, 5.41) is 4.95. The molecule has 96 valence electrons. The second kappa shape index (κ2) is 4.85. The molecule has 0 amide bonds. The largest absolute Gasteiger partial charge is 0.359 e. The summed E-state index contributed by atoms with van der Waals surface area (Å²) < 4.78 is 1.91. The van der Waals surface area contributed by atoms with E-state index in [9.17, 15) is 4.79 Å². The van der Waals surface area contributed by atoms with Gasteiger partial charge in [0.15, 0.2) is 5.78 Å². The number of hydrogen-bond acceptors (Lipinski definition) is 4. The molecule has 2 heterocycles. The lowest BCUT2D eigenvalue weighted by Gasteiger charge is -2.06. The van der Waals surface area contributed by atoms with Crippen LogP contribution in [0, 0.1) is 0 Å². The monoisotopic (exact) mass is 271 g/mol. The number of aromatic nitrogens is 2. The van der Waals surface area contributed by atoms with Gasteiger partial charge in [0.2, 0.25) is 5.95 Å². The van der Waals surface area contributed by atoms with Crippen LogP contribution in [0.3, 0.4) is 0 Å². The molecule has 2 aromatic heterocycles. The molecule has 0 aliphatic rings. The van der Waals surface area contributed by atoms with Gasteiger partial charge in [0.1, 0.15) is 0 Å². The fourth-order valence-corrected chi connectivity index (χ4v) is 2.74. The highest BCUT2D eigenvalue weighted by molar-refractivity contribution is 7.12. The van der Waals surface area contributed by atoms with Crippen LogP contribution in [0.1, 0.15) is 9.67 Å². The van der Waals surface area contributed by atoms with Crippen molar-refractivity contribution in [1.29, 1.82) is 0 Å². The van der Waals surface area contributed by atoms with Crippen LogP contribution in [0.2, 0.25) is 0 Å². The summed E-state index contributed by atoms with van der Waals surface area (Å²) in [5.41, 5.74) is 1.86. The topological polar surface area (TPSA) is 46.9 Å². The average molecular weight is 271 g/mol. The molecule has 0 aliphatic carbocycles. The molecule has 0 aliphatic heterocycles. The van der Waals surface area contributed by atoms with Gasteiger partial charge in [-0.1, -0.05) is 18.2 Å². The van der Waals surface area contributed by atoms with E-state index < -0.39 is 0 Å². The Hall–Kier alpha value is -2.14. The van der Waals surface area contributed by atoms with Gasteiger partial charge in [-0.05, 0) is 23.6 Å². The number of rotatable bonds is 4. The molecule has 0 unspecified atom stereocenters. The van der Waals surface area contributed by atoms with E-state index in [-0.39, 0.29) is 5.78 Å². The molecule has 4 nitrogen and oxygen atoms in total. The number of para-hydroxylation sites is 2. The average Bonchev–Trinajstić information content (AvgIpc) is 3.06. The van der Waals surface area contributed by atoms with Crippen molar-refractivity contribution in [1.82, 2.24) is 9.55 Å². The number of hydrogen-bond donors (Lipinski definition) is 1. The van der Waals surface area contributed by atoms with E-state index in [1.54, 1.807) is 0 Å². The molecular weight excluding hydrogens is 258 g/mol. The Morgan fingerprint density at radius 2 is 2.16 bits per heavy atom. The normalized spacial score (nSPS) is 10.8. The number of benzene rings is 1. The molecule has 0 saturated heterocycles. The van der Waals surface area contributed by atoms with Gasteiger partial charge >= 0.3 is 0 Å². The minimum atomic E-state index is 0.106. The lowest BCUT2D eigenvalue weighted by Crippen LogP contribution is -2.11. The van der Waals surface area contributed by atoms with Crippen molar-refractivity contribution in [2.24, 2.45) is 0 Å². The van der Waals surface area contributed by atoms with E-state index in [0.29, 0.717) is 12.5 Å². The van der Waals surface area contributed by atoms with Crippen LogP contribution in [0.15, 0.2) is 41.8 Å². The van der Waals surface area contributed by atoms with Gasteiger partial charge in [0.05, 0.1) is 22.5 Å². The summed E-state index contributed by atoms with van der Waals surface area (Å²) in [6.07, 6.45) is 0. The summed E-state index contributed by atoms with van der Waals surface area (Å²) in [7, 11) is 1.81. The fourth-order valence-electron chi connectivity index (χ4n) is 2.09. The standard InChI is InChI=1S/C14H13N3OS/c1-15-14-16-10-5-2-3-6-11(10)17(14)9-12(18)13-7-4-8-19-13/h2-8H,9H2,1H3,(H,15,16). The number of carbonyl (C=O) groups is 1. The number of anilines is 1.